The summed E-state index contributed by atoms with van der Waals surface area (Å²) in [5.74, 6) is 0.595. The fourth-order valence-electron chi connectivity index (χ4n) is 4.62. The van der Waals surface area contributed by atoms with Gasteiger partial charge in [0.1, 0.15) is 5.60 Å². The number of benzene rings is 1. The van der Waals surface area contributed by atoms with Crippen molar-refractivity contribution in [1.82, 2.24) is 5.32 Å². The first-order chi connectivity index (χ1) is 13.7. The molecule has 1 aromatic rings. The Morgan fingerprint density at radius 2 is 1.52 bits per heavy atom. The predicted molar refractivity (Wildman–Crippen MR) is 117 cm³/mol. The first-order valence-corrected chi connectivity index (χ1v) is 11.2. The number of hydrogen-bond acceptors (Lipinski definition) is 4. The third kappa shape index (κ3) is 6.91. The van der Waals surface area contributed by atoms with E-state index in [9.17, 15) is 4.79 Å². The quantitative estimate of drug-likeness (QED) is 0.688. The topological polar surface area (TPSA) is 59.6 Å². The van der Waals surface area contributed by atoms with E-state index in [1.165, 1.54) is 11.3 Å². The van der Waals surface area contributed by atoms with Gasteiger partial charge < -0.3 is 20.1 Å². The summed E-state index contributed by atoms with van der Waals surface area (Å²) < 4.78 is 11.2. The average Bonchev–Trinajstić information content (AvgIpc) is 2.61. The first-order valence-electron chi connectivity index (χ1n) is 11.2. The zero-order valence-corrected chi connectivity index (χ0v) is 18.7. The van der Waals surface area contributed by atoms with Crippen molar-refractivity contribution in [2.75, 3.05) is 5.32 Å². The third-order valence-electron chi connectivity index (χ3n) is 5.90. The molecule has 1 aromatic carbocycles. The van der Waals surface area contributed by atoms with Crippen molar-refractivity contribution in [2.45, 2.75) is 109 Å². The van der Waals surface area contributed by atoms with Gasteiger partial charge in [0.05, 0.1) is 12.2 Å². The van der Waals surface area contributed by atoms with Gasteiger partial charge in [0.25, 0.3) is 0 Å². The maximum Gasteiger partial charge on any atom is 0.407 e. The van der Waals surface area contributed by atoms with E-state index in [0.717, 1.165) is 38.5 Å². The molecule has 2 aliphatic rings. The Morgan fingerprint density at radius 1 is 0.966 bits per heavy atom. The van der Waals surface area contributed by atoms with E-state index in [1.807, 2.05) is 20.8 Å². The van der Waals surface area contributed by atoms with E-state index >= 15 is 0 Å². The van der Waals surface area contributed by atoms with Crippen LogP contribution in [-0.4, -0.2) is 36.0 Å². The van der Waals surface area contributed by atoms with Crippen LogP contribution in [-0.2, 0) is 9.47 Å². The van der Waals surface area contributed by atoms with Crippen molar-refractivity contribution in [2.24, 2.45) is 0 Å². The number of hydrogen-bond donors (Lipinski definition) is 2. The van der Waals surface area contributed by atoms with Gasteiger partial charge in [-0.3, -0.25) is 0 Å². The summed E-state index contributed by atoms with van der Waals surface area (Å²) in [5.41, 5.74) is 2.16. The maximum atomic E-state index is 11.9. The average molecular weight is 403 g/mol. The number of ether oxygens (including phenoxy) is 2. The second kappa shape index (κ2) is 9.38. The van der Waals surface area contributed by atoms with Crippen LogP contribution in [0, 0.1) is 0 Å². The molecule has 0 aromatic heterocycles. The molecule has 1 aliphatic carbocycles. The molecule has 2 unspecified atom stereocenters. The summed E-state index contributed by atoms with van der Waals surface area (Å²) in [4.78, 5) is 11.9. The van der Waals surface area contributed by atoms with Crippen molar-refractivity contribution in [3.05, 3.63) is 29.8 Å². The molecule has 1 amide bonds. The summed E-state index contributed by atoms with van der Waals surface area (Å²) in [6.45, 7) is 10.0. The number of amides is 1. The van der Waals surface area contributed by atoms with Gasteiger partial charge in [0.15, 0.2) is 0 Å². The SMILES string of the molecule is CC1CC(c2ccc(NC3CCC(NC(=O)OC(C)(C)C)CC3)cc2)CC(C)O1. The van der Waals surface area contributed by atoms with E-state index in [1.54, 1.807) is 0 Å². The minimum Gasteiger partial charge on any atom is -0.444 e. The molecule has 5 nitrogen and oxygen atoms in total. The molecule has 2 fully saturated rings. The van der Waals surface area contributed by atoms with Crippen LogP contribution in [0.3, 0.4) is 0 Å². The summed E-state index contributed by atoms with van der Waals surface area (Å²) in [7, 11) is 0. The van der Waals surface area contributed by atoms with Crippen LogP contribution in [0.4, 0.5) is 10.5 Å². The van der Waals surface area contributed by atoms with Crippen molar-refractivity contribution in [3.8, 4) is 0 Å². The second-order valence-corrected chi connectivity index (χ2v) is 9.89. The minimum atomic E-state index is -0.449. The Kier molecular flexibility index (Phi) is 7.10. The normalized spacial score (nSPS) is 30.4. The Labute approximate surface area is 175 Å². The van der Waals surface area contributed by atoms with E-state index in [0.29, 0.717) is 24.2 Å². The monoisotopic (exact) mass is 402 g/mol. The smallest absolute Gasteiger partial charge is 0.407 e. The highest BCUT2D eigenvalue weighted by Crippen LogP contribution is 2.34. The third-order valence-corrected chi connectivity index (χ3v) is 5.90. The van der Waals surface area contributed by atoms with Crippen LogP contribution in [0.25, 0.3) is 0 Å². The Balaban J connectivity index is 1.44. The maximum absolute atomic E-state index is 11.9. The lowest BCUT2D eigenvalue weighted by Gasteiger charge is -2.33. The second-order valence-electron chi connectivity index (χ2n) is 9.89. The van der Waals surface area contributed by atoms with E-state index in [2.05, 4.69) is 48.7 Å². The fraction of sp³-hybridized carbons (Fsp3) is 0.708. The standard InChI is InChI=1S/C24H38N2O3/c1-16-14-19(15-17(2)28-16)18-6-8-20(9-7-18)25-21-10-12-22(13-11-21)26-23(27)29-24(3,4)5/h6-9,16-17,19,21-22,25H,10-15H2,1-5H3,(H,26,27). The molecule has 3 rings (SSSR count). The van der Waals surface area contributed by atoms with E-state index < -0.39 is 5.60 Å². The summed E-state index contributed by atoms with van der Waals surface area (Å²) in [5, 5.41) is 6.68. The van der Waals surface area contributed by atoms with Crippen LogP contribution >= 0.6 is 0 Å². The van der Waals surface area contributed by atoms with Crippen molar-refractivity contribution < 1.29 is 14.3 Å². The largest absolute Gasteiger partial charge is 0.444 e. The number of alkyl carbamates (subject to hydrolysis) is 1. The molecule has 2 N–H and O–H groups in total. The molecule has 0 radical (unpaired) electrons. The molecule has 29 heavy (non-hydrogen) atoms. The van der Waals surface area contributed by atoms with Crippen molar-refractivity contribution in [1.29, 1.82) is 0 Å². The summed E-state index contributed by atoms with van der Waals surface area (Å²) in [6.07, 6.45) is 6.64. The number of rotatable bonds is 4. The lowest BCUT2D eigenvalue weighted by atomic mass is 9.86. The van der Waals surface area contributed by atoms with Gasteiger partial charge in [-0.1, -0.05) is 12.1 Å². The summed E-state index contributed by atoms with van der Waals surface area (Å²) in [6, 6.07) is 9.64. The highest BCUT2D eigenvalue weighted by molar-refractivity contribution is 5.68. The molecule has 2 atom stereocenters. The molecule has 5 heteroatoms. The van der Waals surface area contributed by atoms with Gasteiger partial charge in [-0.2, -0.15) is 0 Å². The molecular weight excluding hydrogens is 364 g/mol. The van der Waals surface area contributed by atoms with Crippen LogP contribution in [0.1, 0.15) is 84.6 Å². The molecule has 0 spiro atoms. The minimum absolute atomic E-state index is 0.211. The van der Waals surface area contributed by atoms with Crippen LogP contribution < -0.4 is 10.6 Å². The predicted octanol–water partition coefficient (Wildman–Crippen LogP) is 5.61. The van der Waals surface area contributed by atoms with Crippen LogP contribution in [0.15, 0.2) is 24.3 Å². The number of nitrogens with one attached hydrogen (secondary N) is 2. The molecular formula is C24H38N2O3. The summed E-state index contributed by atoms with van der Waals surface area (Å²) >= 11 is 0. The van der Waals surface area contributed by atoms with Gasteiger partial charge >= 0.3 is 6.09 Å². The first kappa shape index (κ1) is 21.9. The molecule has 1 heterocycles. The van der Waals surface area contributed by atoms with Gasteiger partial charge in [-0.25, -0.2) is 4.79 Å². The zero-order valence-electron chi connectivity index (χ0n) is 18.7. The number of carbonyl (C=O) groups excluding carboxylic acids is 1. The Hall–Kier alpha value is -1.75. The van der Waals surface area contributed by atoms with Gasteiger partial charge in [-0.15, -0.1) is 0 Å². The van der Waals surface area contributed by atoms with E-state index in [-0.39, 0.29) is 12.1 Å². The molecule has 162 valence electrons. The van der Waals surface area contributed by atoms with Crippen molar-refractivity contribution >= 4 is 11.8 Å². The van der Waals surface area contributed by atoms with Gasteiger partial charge in [0, 0.05) is 17.8 Å². The van der Waals surface area contributed by atoms with Gasteiger partial charge in [0.2, 0.25) is 0 Å². The zero-order chi connectivity index (χ0) is 21.0. The Morgan fingerprint density at radius 3 is 2.07 bits per heavy atom. The van der Waals surface area contributed by atoms with Crippen molar-refractivity contribution in [3.63, 3.8) is 0 Å². The Bertz CT molecular complexity index is 650. The van der Waals surface area contributed by atoms with Crippen LogP contribution in [0.2, 0.25) is 0 Å². The fourth-order valence-corrected chi connectivity index (χ4v) is 4.62. The number of carbonyl (C=O) groups is 1. The lowest BCUT2D eigenvalue weighted by Crippen LogP contribution is -2.42. The molecule has 1 saturated carbocycles. The molecule has 1 aliphatic heterocycles. The highest BCUT2D eigenvalue weighted by atomic mass is 16.6. The highest BCUT2D eigenvalue weighted by Gasteiger charge is 2.26. The van der Waals surface area contributed by atoms with E-state index in [4.69, 9.17) is 9.47 Å². The number of anilines is 1. The molecule has 0 bridgehead atoms. The molecule has 1 saturated heterocycles. The lowest BCUT2D eigenvalue weighted by molar-refractivity contribution is -0.0380. The van der Waals surface area contributed by atoms with Crippen LogP contribution in [0.5, 0.6) is 0 Å². The van der Waals surface area contributed by atoms with Gasteiger partial charge in [-0.05, 0) is 96.8 Å².